The van der Waals surface area contributed by atoms with Crippen LogP contribution in [0, 0.1) is 6.92 Å². The zero-order valence-corrected chi connectivity index (χ0v) is 14.0. The van der Waals surface area contributed by atoms with E-state index in [-0.39, 0.29) is 5.91 Å². The van der Waals surface area contributed by atoms with Gasteiger partial charge in [-0.1, -0.05) is 15.9 Å². The average Bonchev–Trinajstić information content (AvgIpc) is 2.50. The van der Waals surface area contributed by atoms with Crippen LogP contribution in [0.1, 0.15) is 16.1 Å². The third-order valence-electron chi connectivity index (χ3n) is 2.91. The van der Waals surface area contributed by atoms with Gasteiger partial charge >= 0.3 is 0 Å². The second kappa shape index (κ2) is 7.86. The number of nitrogens with zero attached hydrogens (tertiary/aromatic N) is 2. The van der Waals surface area contributed by atoms with E-state index >= 15 is 0 Å². The minimum absolute atomic E-state index is 0.275. The quantitative estimate of drug-likeness (QED) is 0.770. The van der Waals surface area contributed by atoms with Crippen molar-refractivity contribution in [3.05, 3.63) is 46.2 Å². The van der Waals surface area contributed by atoms with Crippen LogP contribution in [0.3, 0.4) is 0 Å². The van der Waals surface area contributed by atoms with Crippen molar-refractivity contribution in [3.63, 3.8) is 0 Å². The Morgan fingerprint density at radius 3 is 2.91 bits per heavy atom. The summed E-state index contributed by atoms with van der Waals surface area (Å²) >= 11 is 3.40. The largest absolute Gasteiger partial charge is 0.383 e. The number of amides is 1. The van der Waals surface area contributed by atoms with E-state index in [1.165, 1.54) is 0 Å². The third-order valence-corrected chi connectivity index (χ3v) is 3.41. The molecule has 1 heterocycles. The Labute approximate surface area is 137 Å². The molecule has 0 radical (unpaired) electrons. The fourth-order valence-electron chi connectivity index (χ4n) is 1.79. The summed E-state index contributed by atoms with van der Waals surface area (Å²) in [6.07, 6.45) is 1.55. The predicted molar refractivity (Wildman–Crippen MR) is 89.2 cm³/mol. The summed E-state index contributed by atoms with van der Waals surface area (Å²) in [7, 11) is 1.62. The zero-order valence-electron chi connectivity index (χ0n) is 12.4. The molecule has 0 atom stereocenters. The predicted octanol–water partition coefficient (Wildman–Crippen LogP) is 2.86. The van der Waals surface area contributed by atoms with Crippen molar-refractivity contribution < 1.29 is 9.53 Å². The van der Waals surface area contributed by atoms with Crippen LogP contribution >= 0.6 is 15.9 Å². The number of carbonyl (C=O) groups is 1. The summed E-state index contributed by atoms with van der Waals surface area (Å²) in [5, 5.41) is 5.84. The number of halogens is 1. The molecule has 1 amide bonds. The first-order valence-corrected chi connectivity index (χ1v) is 7.53. The molecule has 2 rings (SSSR count). The van der Waals surface area contributed by atoms with Gasteiger partial charge in [0.2, 0.25) is 5.95 Å². The van der Waals surface area contributed by atoms with Crippen LogP contribution < -0.4 is 10.6 Å². The van der Waals surface area contributed by atoms with Gasteiger partial charge < -0.3 is 15.4 Å². The first kappa shape index (κ1) is 16.4. The number of rotatable bonds is 6. The molecule has 0 saturated heterocycles. The molecule has 0 bridgehead atoms. The van der Waals surface area contributed by atoms with Crippen molar-refractivity contribution in [2.24, 2.45) is 0 Å². The van der Waals surface area contributed by atoms with Crippen molar-refractivity contribution in [2.75, 3.05) is 30.9 Å². The monoisotopic (exact) mass is 364 g/mol. The van der Waals surface area contributed by atoms with Crippen LogP contribution in [0.4, 0.5) is 11.6 Å². The lowest BCUT2D eigenvalue weighted by Gasteiger charge is -2.09. The number of hydrogen-bond acceptors (Lipinski definition) is 5. The molecule has 0 aliphatic rings. The van der Waals surface area contributed by atoms with Gasteiger partial charge in [0, 0.05) is 30.0 Å². The number of benzene rings is 1. The number of aryl methyl sites for hydroxylation is 1. The highest BCUT2D eigenvalue weighted by Gasteiger charge is 2.10. The van der Waals surface area contributed by atoms with E-state index in [4.69, 9.17) is 4.74 Å². The average molecular weight is 365 g/mol. The Balaban J connectivity index is 2.07. The minimum atomic E-state index is -0.275. The van der Waals surface area contributed by atoms with Crippen molar-refractivity contribution in [1.29, 1.82) is 0 Å². The van der Waals surface area contributed by atoms with Crippen molar-refractivity contribution in [3.8, 4) is 0 Å². The SMILES string of the molecule is COCCNc1nccc(C(=O)Nc2ccc(Br)cc2C)n1. The molecule has 7 heteroatoms. The highest BCUT2D eigenvalue weighted by molar-refractivity contribution is 9.10. The summed E-state index contributed by atoms with van der Waals surface area (Å²) in [5.74, 6) is 0.125. The van der Waals surface area contributed by atoms with E-state index < -0.39 is 0 Å². The summed E-state index contributed by atoms with van der Waals surface area (Å²) in [4.78, 5) is 20.5. The molecule has 22 heavy (non-hydrogen) atoms. The van der Waals surface area contributed by atoms with Crippen molar-refractivity contribution in [1.82, 2.24) is 9.97 Å². The molecular weight excluding hydrogens is 348 g/mol. The van der Waals surface area contributed by atoms with Gasteiger partial charge in [0.05, 0.1) is 6.61 Å². The minimum Gasteiger partial charge on any atom is -0.383 e. The zero-order chi connectivity index (χ0) is 15.9. The van der Waals surface area contributed by atoms with Gasteiger partial charge in [0.1, 0.15) is 5.69 Å². The standard InChI is InChI=1S/C15H17BrN4O2/c1-10-9-11(16)3-4-12(10)19-14(21)13-5-6-17-15(20-13)18-7-8-22-2/h3-6,9H,7-8H2,1-2H3,(H,19,21)(H,17,18,20). The maximum Gasteiger partial charge on any atom is 0.274 e. The Morgan fingerprint density at radius 1 is 1.36 bits per heavy atom. The number of nitrogens with one attached hydrogen (secondary N) is 2. The number of aromatic nitrogens is 2. The first-order chi connectivity index (χ1) is 10.6. The lowest BCUT2D eigenvalue weighted by atomic mass is 10.2. The first-order valence-electron chi connectivity index (χ1n) is 6.73. The van der Waals surface area contributed by atoms with E-state index in [0.717, 1.165) is 15.7 Å². The van der Waals surface area contributed by atoms with Gasteiger partial charge in [-0.25, -0.2) is 9.97 Å². The van der Waals surface area contributed by atoms with Crippen LogP contribution in [0.5, 0.6) is 0 Å². The summed E-state index contributed by atoms with van der Waals surface area (Å²) in [5.41, 5.74) is 2.02. The van der Waals surface area contributed by atoms with E-state index in [2.05, 4.69) is 36.5 Å². The molecule has 0 aliphatic carbocycles. The number of ether oxygens (including phenoxy) is 1. The number of carbonyl (C=O) groups excluding carboxylic acids is 1. The van der Waals surface area contributed by atoms with Gasteiger partial charge in [-0.15, -0.1) is 0 Å². The molecule has 116 valence electrons. The molecule has 0 saturated carbocycles. The third kappa shape index (κ3) is 4.51. The molecule has 6 nitrogen and oxygen atoms in total. The van der Waals surface area contributed by atoms with Crippen LogP contribution in [0.2, 0.25) is 0 Å². The molecule has 1 aromatic carbocycles. The lowest BCUT2D eigenvalue weighted by Crippen LogP contribution is -2.17. The second-order valence-corrected chi connectivity index (χ2v) is 5.51. The van der Waals surface area contributed by atoms with E-state index in [1.807, 2.05) is 25.1 Å². The normalized spacial score (nSPS) is 10.3. The second-order valence-electron chi connectivity index (χ2n) is 4.60. The smallest absolute Gasteiger partial charge is 0.274 e. The van der Waals surface area contributed by atoms with Crippen molar-refractivity contribution >= 4 is 33.5 Å². The van der Waals surface area contributed by atoms with Gasteiger partial charge in [0.25, 0.3) is 5.91 Å². The number of methoxy groups -OCH3 is 1. The summed E-state index contributed by atoms with van der Waals surface area (Å²) < 4.78 is 5.91. The Bertz CT molecular complexity index is 664. The van der Waals surface area contributed by atoms with E-state index in [0.29, 0.717) is 24.8 Å². The summed E-state index contributed by atoms with van der Waals surface area (Å²) in [6.45, 7) is 3.04. The van der Waals surface area contributed by atoms with E-state index in [9.17, 15) is 4.79 Å². The van der Waals surface area contributed by atoms with Crippen LogP contribution in [-0.4, -0.2) is 36.1 Å². The van der Waals surface area contributed by atoms with Gasteiger partial charge in [0.15, 0.2) is 0 Å². The Hall–Kier alpha value is -1.99. The van der Waals surface area contributed by atoms with Gasteiger partial charge in [-0.3, -0.25) is 4.79 Å². The van der Waals surface area contributed by atoms with Crippen LogP contribution in [0.15, 0.2) is 34.9 Å². The van der Waals surface area contributed by atoms with Crippen LogP contribution in [0.25, 0.3) is 0 Å². The number of hydrogen-bond donors (Lipinski definition) is 2. The fraction of sp³-hybridized carbons (Fsp3) is 0.267. The maximum absolute atomic E-state index is 12.3. The molecular formula is C15H17BrN4O2. The molecule has 0 fully saturated rings. The molecule has 1 aromatic heterocycles. The molecule has 0 aliphatic heterocycles. The molecule has 0 spiro atoms. The molecule has 2 aromatic rings. The van der Waals surface area contributed by atoms with Gasteiger partial charge in [-0.05, 0) is 36.8 Å². The highest BCUT2D eigenvalue weighted by Crippen LogP contribution is 2.20. The van der Waals surface area contributed by atoms with Crippen LogP contribution in [-0.2, 0) is 4.74 Å². The molecule has 0 unspecified atom stereocenters. The van der Waals surface area contributed by atoms with Gasteiger partial charge in [-0.2, -0.15) is 0 Å². The summed E-state index contributed by atoms with van der Waals surface area (Å²) in [6, 6.07) is 7.23. The lowest BCUT2D eigenvalue weighted by molar-refractivity contribution is 0.102. The highest BCUT2D eigenvalue weighted by atomic mass is 79.9. The Kier molecular flexibility index (Phi) is 5.85. The maximum atomic E-state index is 12.3. The molecule has 2 N–H and O–H groups in total. The van der Waals surface area contributed by atoms with E-state index in [1.54, 1.807) is 19.4 Å². The van der Waals surface area contributed by atoms with Crippen molar-refractivity contribution in [2.45, 2.75) is 6.92 Å². The number of anilines is 2. The Morgan fingerprint density at radius 2 is 2.18 bits per heavy atom. The fourth-order valence-corrected chi connectivity index (χ4v) is 2.26. The topological polar surface area (TPSA) is 76.1 Å².